The largest absolute Gasteiger partial charge is 0.333 e. The highest BCUT2D eigenvalue weighted by molar-refractivity contribution is 7.89. The van der Waals surface area contributed by atoms with Crippen LogP contribution in [0.2, 0.25) is 0 Å². The Morgan fingerprint density at radius 3 is 2.49 bits per heavy atom. The van der Waals surface area contributed by atoms with Crippen molar-refractivity contribution in [1.29, 1.82) is 0 Å². The van der Waals surface area contributed by atoms with Crippen LogP contribution in [0.15, 0.2) is 53.8 Å². The summed E-state index contributed by atoms with van der Waals surface area (Å²) < 4.78 is 42.9. The van der Waals surface area contributed by atoms with Crippen LogP contribution in [0.1, 0.15) is 24.1 Å². The molecule has 12 heteroatoms. The van der Waals surface area contributed by atoms with E-state index in [1.807, 2.05) is 19.1 Å². The maximum Gasteiger partial charge on any atom is 0.264 e. The van der Waals surface area contributed by atoms with E-state index in [1.54, 1.807) is 35.0 Å². The molecule has 0 spiro atoms. The van der Waals surface area contributed by atoms with E-state index < -0.39 is 16.1 Å². The molecule has 0 unspecified atom stereocenters. The Morgan fingerprint density at radius 1 is 1.09 bits per heavy atom. The van der Waals surface area contributed by atoms with Crippen LogP contribution in [-0.2, 0) is 21.9 Å². The number of sulfonamides is 1. The van der Waals surface area contributed by atoms with Gasteiger partial charge in [0.15, 0.2) is 0 Å². The second kappa shape index (κ2) is 8.54. The number of aromatic nitrogens is 5. The van der Waals surface area contributed by atoms with Crippen molar-refractivity contribution in [3.63, 3.8) is 0 Å². The van der Waals surface area contributed by atoms with Crippen LogP contribution in [-0.4, -0.2) is 67.9 Å². The second-order valence-corrected chi connectivity index (χ2v) is 10.4. The number of hydrogen-bond donors (Lipinski definition) is 0. The van der Waals surface area contributed by atoms with Gasteiger partial charge in [0.2, 0.25) is 10.9 Å². The molecule has 2 aromatic carbocycles. The Bertz CT molecular complexity index is 1530. The summed E-state index contributed by atoms with van der Waals surface area (Å²) in [6.07, 6.45) is 2.93. The highest BCUT2D eigenvalue weighted by Crippen LogP contribution is 2.33. The molecule has 1 aliphatic rings. The quantitative estimate of drug-likeness (QED) is 0.428. The first-order chi connectivity index (χ1) is 16.6. The van der Waals surface area contributed by atoms with Gasteiger partial charge >= 0.3 is 0 Å². The molecule has 1 aliphatic heterocycles. The Labute approximate surface area is 201 Å². The van der Waals surface area contributed by atoms with Crippen molar-refractivity contribution in [1.82, 2.24) is 34.0 Å². The highest BCUT2D eigenvalue weighted by atomic mass is 32.2. The molecule has 5 rings (SSSR count). The third-order valence-electron chi connectivity index (χ3n) is 6.32. The SMILES string of the molecule is CC(=O)N1CCN(S(=O)(=O)c2cnn(C)n2)C[C@H]1c1cc2cnn(-c3ccc(F)cc3)c2cc1C. The predicted molar refractivity (Wildman–Crippen MR) is 126 cm³/mol. The van der Waals surface area contributed by atoms with E-state index in [4.69, 9.17) is 0 Å². The number of piperazine rings is 1. The number of amides is 1. The summed E-state index contributed by atoms with van der Waals surface area (Å²) >= 11 is 0. The van der Waals surface area contributed by atoms with Gasteiger partial charge in [-0.05, 0) is 54.4 Å². The first-order valence-corrected chi connectivity index (χ1v) is 12.5. The minimum atomic E-state index is -3.87. The number of benzene rings is 2. The van der Waals surface area contributed by atoms with Crippen LogP contribution >= 0.6 is 0 Å². The lowest BCUT2D eigenvalue weighted by Crippen LogP contribution is -2.52. The van der Waals surface area contributed by atoms with E-state index in [-0.39, 0.29) is 36.4 Å². The lowest BCUT2D eigenvalue weighted by Gasteiger charge is -2.40. The van der Waals surface area contributed by atoms with Gasteiger partial charge in [-0.3, -0.25) is 4.79 Å². The van der Waals surface area contributed by atoms with Gasteiger partial charge in [0, 0.05) is 39.0 Å². The molecule has 0 bridgehead atoms. The van der Waals surface area contributed by atoms with Gasteiger partial charge in [-0.15, -0.1) is 5.10 Å². The molecule has 1 saturated heterocycles. The molecule has 1 fully saturated rings. The zero-order valence-electron chi connectivity index (χ0n) is 19.5. The molecule has 10 nitrogen and oxygen atoms in total. The first-order valence-electron chi connectivity index (χ1n) is 11.0. The Morgan fingerprint density at radius 2 is 1.83 bits per heavy atom. The zero-order chi connectivity index (χ0) is 24.9. The molecule has 0 saturated carbocycles. The van der Waals surface area contributed by atoms with Crippen LogP contribution < -0.4 is 0 Å². The summed E-state index contributed by atoms with van der Waals surface area (Å²) in [6, 6.07) is 9.47. The number of fused-ring (bicyclic) bond motifs is 1. The van der Waals surface area contributed by atoms with Crippen LogP contribution in [0.3, 0.4) is 0 Å². The van der Waals surface area contributed by atoms with E-state index in [9.17, 15) is 17.6 Å². The average Bonchev–Trinajstić information content (AvgIpc) is 3.45. The standard InChI is InChI=1S/C23H24FN7O3S/c1-15-10-21-17(12-26-31(21)19-6-4-18(24)5-7-19)11-20(15)22-14-29(8-9-30(22)16(2)32)35(33,34)23-13-25-28(3)27-23/h4-7,10-13,22H,8-9,14H2,1-3H3/t22-/m0/s1. The van der Waals surface area contributed by atoms with Gasteiger partial charge in [-0.25, -0.2) is 17.5 Å². The molecule has 35 heavy (non-hydrogen) atoms. The van der Waals surface area contributed by atoms with Gasteiger partial charge in [-0.2, -0.15) is 19.3 Å². The third kappa shape index (κ3) is 4.08. The van der Waals surface area contributed by atoms with E-state index in [0.29, 0.717) is 0 Å². The van der Waals surface area contributed by atoms with Crippen molar-refractivity contribution in [2.75, 3.05) is 19.6 Å². The van der Waals surface area contributed by atoms with Gasteiger partial charge in [-0.1, -0.05) is 0 Å². The van der Waals surface area contributed by atoms with Crippen molar-refractivity contribution in [2.24, 2.45) is 7.05 Å². The lowest BCUT2D eigenvalue weighted by molar-refractivity contribution is -0.133. The fourth-order valence-electron chi connectivity index (χ4n) is 4.54. The zero-order valence-corrected chi connectivity index (χ0v) is 20.3. The maximum absolute atomic E-state index is 13.4. The summed E-state index contributed by atoms with van der Waals surface area (Å²) in [5.41, 5.74) is 3.27. The number of hydrogen-bond acceptors (Lipinski definition) is 6. The molecule has 0 radical (unpaired) electrons. The minimum absolute atomic E-state index is 0.0942. The number of aryl methyl sites for hydroxylation is 2. The van der Waals surface area contributed by atoms with Gasteiger partial charge in [0.05, 0.1) is 29.6 Å². The Balaban J connectivity index is 1.54. The summed E-state index contributed by atoms with van der Waals surface area (Å²) in [4.78, 5) is 15.4. The minimum Gasteiger partial charge on any atom is -0.333 e. The van der Waals surface area contributed by atoms with E-state index in [2.05, 4.69) is 15.3 Å². The monoisotopic (exact) mass is 497 g/mol. The smallest absolute Gasteiger partial charge is 0.264 e. The average molecular weight is 498 g/mol. The molecular formula is C23H24FN7O3S. The summed E-state index contributed by atoms with van der Waals surface area (Å²) in [7, 11) is -2.31. The molecular weight excluding hydrogens is 473 g/mol. The van der Waals surface area contributed by atoms with Crippen molar-refractivity contribution < 1.29 is 17.6 Å². The fraction of sp³-hybridized carbons (Fsp3) is 0.304. The number of halogens is 1. The molecule has 3 heterocycles. The van der Waals surface area contributed by atoms with Crippen molar-refractivity contribution in [2.45, 2.75) is 24.9 Å². The van der Waals surface area contributed by atoms with Crippen LogP contribution in [0.25, 0.3) is 16.6 Å². The van der Waals surface area contributed by atoms with E-state index >= 15 is 0 Å². The molecule has 2 aromatic heterocycles. The lowest BCUT2D eigenvalue weighted by atomic mass is 9.96. The van der Waals surface area contributed by atoms with E-state index in [1.165, 1.54) is 34.4 Å². The molecule has 1 atom stereocenters. The van der Waals surface area contributed by atoms with Crippen LogP contribution in [0, 0.1) is 12.7 Å². The molecule has 0 N–H and O–H groups in total. The summed E-state index contributed by atoms with van der Waals surface area (Å²) in [5, 5.41) is 13.0. The second-order valence-electron chi connectivity index (χ2n) is 8.56. The van der Waals surface area contributed by atoms with Crippen molar-refractivity contribution in [3.05, 3.63) is 65.7 Å². The van der Waals surface area contributed by atoms with Gasteiger partial charge in [0.25, 0.3) is 10.0 Å². The van der Waals surface area contributed by atoms with Crippen molar-refractivity contribution in [3.8, 4) is 5.69 Å². The summed E-state index contributed by atoms with van der Waals surface area (Å²) in [5.74, 6) is -0.459. The maximum atomic E-state index is 13.4. The highest BCUT2D eigenvalue weighted by Gasteiger charge is 2.38. The first kappa shape index (κ1) is 23.1. The summed E-state index contributed by atoms with van der Waals surface area (Å²) in [6.45, 7) is 3.92. The third-order valence-corrected chi connectivity index (χ3v) is 8.04. The number of nitrogens with zero attached hydrogens (tertiary/aromatic N) is 7. The van der Waals surface area contributed by atoms with Gasteiger partial charge in [0.1, 0.15) is 5.82 Å². The number of carbonyl (C=O) groups is 1. The molecule has 1 amide bonds. The normalized spacial score (nSPS) is 17.3. The molecule has 182 valence electrons. The Kier molecular flexibility index (Phi) is 5.64. The molecule has 0 aliphatic carbocycles. The fourth-order valence-corrected chi connectivity index (χ4v) is 5.87. The topological polar surface area (TPSA) is 106 Å². The Hall–Kier alpha value is -3.64. The predicted octanol–water partition coefficient (Wildman–Crippen LogP) is 2.20. The van der Waals surface area contributed by atoms with Crippen LogP contribution in [0.5, 0.6) is 0 Å². The number of carbonyl (C=O) groups excluding carboxylic acids is 1. The van der Waals surface area contributed by atoms with Crippen molar-refractivity contribution >= 4 is 26.8 Å². The number of rotatable bonds is 4. The molecule has 4 aromatic rings. The van der Waals surface area contributed by atoms with Crippen LogP contribution in [0.4, 0.5) is 4.39 Å². The van der Waals surface area contributed by atoms with E-state index in [0.717, 1.165) is 27.7 Å². The van der Waals surface area contributed by atoms with Gasteiger partial charge < -0.3 is 4.90 Å².